The molecule has 6 heteroatoms. The molecule has 0 saturated carbocycles. The van der Waals surface area contributed by atoms with Crippen LogP contribution in [0.5, 0.6) is 0 Å². The SMILES string of the molecule is C=CC(=N)/C(=C\NC)Nc1ncc(Br)cn1. The molecule has 0 spiro atoms. The molecule has 0 aromatic carbocycles. The largest absolute Gasteiger partial charge is 0.392 e. The van der Waals surface area contributed by atoms with Crippen LogP contribution in [0.3, 0.4) is 0 Å². The molecule has 0 bridgehead atoms. The average molecular weight is 282 g/mol. The Bertz CT molecular complexity index is 410. The first-order chi connectivity index (χ1) is 7.67. The van der Waals surface area contributed by atoms with E-state index >= 15 is 0 Å². The van der Waals surface area contributed by atoms with Crippen molar-refractivity contribution in [2.75, 3.05) is 12.4 Å². The number of nitrogens with zero attached hydrogens (tertiary/aromatic N) is 2. The van der Waals surface area contributed by atoms with E-state index in [2.05, 4.69) is 43.1 Å². The fourth-order valence-corrected chi connectivity index (χ4v) is 1.14. The molecule has 3 N–H and O–H groups in total. The number of allylic oxidation sites excluding steroid dienone is 1. The van der Waals surface area contributed by atoms with Crippen molar-refractivity contribution in [1.29, 1.82) is 5.41 Å². The summed E-state index contributed by atoms with van der Waals surface area (Å²) in [4.78, 5) is 8.10. The molecule has 1 heterocycles. The predicted octanol–water partition coefficient (Wildman–Crippen LogP) is 1.92. The zero-order valence-electron chi connectivity index (χ0n) is 8.79. The Morgan fingerprint density at radius 2 is 2.12 bits per heavy atom. The fourth-order valence-electron chi connectivity index (χ4n) is 0.933. The van der Waals surface area contributed by atoms with Crippen molar-refractivity contribution in [1.82, 2.24) is 15.3 Å². The highest BCUT2D eigenvalue weighted by molar-refractivity contribution is 9.10. The lowest BCUT2D eigenvalue weighted by atomic mass is 10.3. The molecule has 0 aliphatic rings. The second kappa shape index (κ2) is 6.02. The van der Waals surface area contributed by atoms with Crippen molar-refractivity contribution in [2.24, 2.45) is 0 Å². The van der Waals surface area contributed by atoms with Gasteiger partial charge in [-0.25, -0.2) is 9.97 Å². The predicted molar refractivity (Wildman–Crippen MR) is 68.4 cm³/mol. The molecule has 0 unspecified atom stereocenters. The van der Waals surface area contributed by atoms with Gasteiger partial charge < -0.3 is 10.6 Å². The minimum absolute atomic E-state index is 0.265. The first-order valence-electron chi connectivity index (χ1n) is 4.50. The van der Waals surface area contributed by atoms with Gasteiger partial charge in [-0.1, -0.05) is 6.58 Å². The summed E-state index contributed by atoms with van der Waals surface area (Å²) in [5, 5.41) is 13.4. The minimum atomic E-state index is 0.265. The fraction of sp³-hybridized carbons (Fsp3) is 0.100. The van der Waals surface area contributed by atoms with Crippen LogP contribution in [0.1, 0.15) is 0 Å². The van der Waals surface area contributed by atoms with Gasteiger partial charge in [-0.3, -0.25) is 5.41 Å². The number of hydrogen-bond acceptors (Lipinski definition) is 5. The third-order valence-electron chi connectivity index (χ3n) is 1.65. The number of rotatable bonds is 5. The topological polar surface area (TPSA) is 73.7 Å². The van der Waals surface area contributed by atoms with E-state index in [1.165, 1.54) is 6.08 Å². The van der Waals surface area contributed by atoms with Gasteiger partial charge in [0.15, 0.2) is 0 Å². The lowest BCUT2D eigenvalue weighted by Gasteiger charge is -2.08. The van der Waals surface area contributed by atoms with E-state index in [1.54, 1.807) is 25.6 Å². The maximum absolute atomic E-state index is 7.64. The van der Waals surface area contributed by atoms with Crippen molar-refractivity contribution < 1.29 is 0 Å². The number of aromatic nitrogens is 2. The molecule has 0 aliphatic heterocycles. The average Bonchev–Trinajstić information content (AvgIpc) is 2.30. The monoisotopic (exact) mass is 281 g/mol. The van der Waals surface area contributed by atoms with E-state index in [4.69, 9.17) is 5.41 Å². The van der Waals surface area contributed by atoms with Crippen LogP contribution in [0.15, 0.2) is 41.4 Å². The van der Waals surface area contributed by atoms with Gasteiger partial charge in [0.1, 0.15) is 0 Å². The molecular weight excluding hydrogens is 270 g/mol. The highest BCUT2D eigenvalue weighted by atomic mass is 79.9. The van der Waals surface area contributed by atoms with Crippen LogP contribution in [0, 0.1) is 5.41 Å². The summed E-state index contributed by atoms with van der Waals surface area (Å²) < 4.78 is 0.802. The van der Waals surface area contributed by atoms with Gasteiger partial charge >= 0.3 is 0 Å². The Labute approximate surface area is 102 Å². The lowest BCUT2D eigenvalue weighted by Crippen LogP contribution is -2.13. The van der Waals surface area contributed by atoms with Gasteiger partial charge in [0.05, 0.1) is 15.9 Å². The zero-order chi connectivity index (χ0) is 12.0. The summed E-state index contributed by atoms with van der Waals surface area (Å²) in [6.45, 7) is 3.54. The smallest absolute Gasteiger partial charge is 0.227 e. The Balaban J connectivity index is 2.84. The molecule has 0 fully saturated rings. The Kier molecular flexibility index (Phi) is 4.65. The standard InChI is InChI=1S/C10H12BrN5/c1-3-8(12)9(6-13-2)16-10-14-4-7(11)5-15-10/h3-6,12-13H,1H2,2H3,(H,14,15,16)/b9-6+,12-8?. The number of halogens is 1. The molecule has 0 atom stereocenters. The summed E-state index contributed by atoms with van der Waals surface area (Å²) >= 11 is 3.25. The first-order valence-corrected chi connectivity index (χ1v) is 5.30. The van der Waals surface area contributed by atoms with Crippen LogP contribution in [0.25, 0.3) is 0 Å². The quantitative estimate of drug-likeness (QED) is 0.721. The number of hydrogen-bond donors (Lipinski definition) is 3. The molecule has 1 aromatic rings. The molecule has 84 valence electrons. The molecular formula is C10H12BrN5. The summed E-state index contributed by atoms with van der Waals surface area (Å²) in [5.74, 6) is 0.427. The molecule has 1 aromatic heterocycles. The van der Waals surface area contributed by atoms with E-state index < -0.39 is 0 Å². The second-order valence-electron chi connectivity index (χ2n) is 2.81. The minimum Gasteiger partial charge on any atom is -0.392 e. The van der Waals surface area contributed by atoms with Gasteiger partial charge in [0, 0.05) is 25.6 Å². The number of nitrogens with one attached hydrogen (secondary N) is 3. The van der Waals surface area contributed by atoms with Crippen LogP contribution in [0.4, 0.5) is 5.95 Å². The molecule has 0 amide bonds. The first kappa shape index (κ1) is 12.4. The summed E-state index contributed by atoms with van der Waals surface area (Å²) in [7, 11) is 1.75. The van der Waals surface area contributed by atoms with E-state index in [1.807, 2.05) is 0 Å². The van der Waals surface area contributed by atoms with E-state index in [9.17, 15) is 0 Å². The van der Waals surface area contributed by atoms with Crippen molar-refractivity contribution in [2.45, 2.75) is 0 Å². The third kappa shape index (κ3) is 3.47. The van der Waals surface area contributed by atoms with Crippen molar-refractivity contribution in [3.63, 3.8) is 0 Å². The molecule has 16 heavy (non-hydrogen) atoms. The molecule has 0 radical (unpaired) electrons. The third-order valence-corrected chi connectivity index (χ3v) is 2.06. The highest BCUT2D eigenvalue weighted by Crippen LogP contribution is 2.09. The summed E-state index contributed by atoms with van der Waals surface area (Å²) in [6.07, 6.45) is 6.35. The van der Waals surface area contributed by atoms with Gasteiger partial charge in [-0.05, 0) is 22.0 Å². The highest BCUT2D eigenvalue weighted by Gasteiger charge is 2.03. The number of anilines is 1. The lowest BCUT2D eigenvalue weighted by molar-refractivity contribution is 1.07. The van der Waals surface area contributed by atoms with Gasteiger partial charge in [-0.2, -0.15) is 0 Å². The van der Waals surface area contributed by atoms with Crippen molar-refractivity contribution in [3.8, 4) is 0 Å². The van der Waals surface area contributed by atoms with Gasteiger partial charge in [0.2, 0.25) is 5.95 Å². The normalized spacial score (nSPS) is 10.8. The Hall–Kier alpha value is -1.69. The van der Waals surface area contributed by atoms with E-state index in [0.29, 0.717) is 11.6 Å². The van der Waals surface area contributed by atoms with Crippen LogP contribution in [-0.2, 0) is 0 Å². The van der Waals surface area contributed by atoms with Crippen LogP contribution in [0.2, 0.25) is 0 Å². The molecule has 1 rings (SSSR count). The Morgan fingerprint density at radius 1 is 1.50 bits per heavy atom. The molecule has 5 nitrogen and oxygen atoms in total. The van der Waals surface area contributed by atoms with Crippen molar-refractivity contribution in [3.05, 3.63) is 41.4 Å². The van der Waals surface area contributed by atoms with Crippen LogP contribution >= 0.6 is 15.9 Å². The van der Waals surface area contributed by atoms with Gasteiger partial charge in [0.25, 0.3) is 0 Å². The maximum atomic E-state index is 7.64. The van der Waals surface area contributed by atoms with Crippen LogP contribution < -0.4 is 10.6 Å². The summed E-state index contributed by atoms with van der Waals surface area (Å²) in [5.41, 5.74) is 0.820. The molecule has 0 aliphatic carbocycles. The van der Waals surface area contributed by atoms with Crippen LogP contribution in [-0.4, -0.2) is 22.7 Å². The summed E-state index contributed by atoms with van der Waals surface area (Å²) in [6, 6.07) is 0. The van der Waals surface area contributed by atoms with Gasteiger partial charge in [-0.15, -0.1) is 0 Å². The van der Waals surface area contributed by atoms with E-state index in [0.717, 1.165) is 4.47 Å². The Morgan fingerprint density at radius 3 is 2.62 bits per heavy atom. The maximum Gasteiger partial charge on any atom is 0.227 e. The molecule has 0 saturated heterocycles. The van der Waals surface area contributed by atoms with E-state index in [-0.39, 0.29) is 5.71 Å². The van der Waals surface area contributed by atoms with Crippen molar-refractivity contribution >= 4 is 27.6 Å². The second-order valence-corrected chi connectivity index (χ2v) is 3.73. The zero-order valence-corrected chi connectivity index (χ0v) is 10.4.